The maximum absolute atomic E-state index is 12.2. The first-order valence-electron chi connectivity index (χ1n) is 5.31. The highest BCUT2D eigenvalue weighted by Gasteiger charge is 2.29. The predicted molar refractivity (Wildman–Crippen MR) is 66.7 cm³/mol. The van der Waals surface area contributed by atoms with Crippen LogP contribution in [0.3, 0.4) is 0 Å². The van der Waals surface area contributed by atoms with E-state index in [0.29, 0.717) is 11.8 Å². The van der Waals surface area contributed by atoms with Crippen LogP contribution in [0, 0.1) is 0 Å². The van der Waals surface area contributed by atoms with Gasteiger partial charge < -0.3 is 4.74 Å². The van der Waals surface area contributed by atoms with E-state index in [2.05, 4.69) is 0 Å². The Bertz CT molecular complexity index is 562. The molecule has 0 saturated carbocycles. The van der Waals surface area contributed by atoms with Gasteiger partial charge in [0.15, 0.2) is 12.9 Å². The Balaban J connectivity index is 2.41. The number of para-hydroxylation sites is 1. The van der Waals surface area contributed by atoms with Crippen molar-refractivity contribution in [1.82, 2.24) is 0 Å². The lowest BCUT2D eigenvalue weighted by atomic mass is 10.0. The summed E-state index contributed by atoms with van der Waals surface area (Å²) in [4.78, 5) is 10.9. The lowest BCUT2D eigenvalue weighted by Gasteiger charge is -2.14. The Morgan fingerprint density at radius 1 is 1.26 bits per heavy atom. The standard InChI is InChI=1S/C13H9F3O2S/c14-13(15,16)8-18-12-9(6-17)2-1-3-11(12)10-4-5-19-7-10/h1-7H,8H2. The van der Waals surface area contributed by atoms with Crippen molar-refractivity contribution in [3.05, 3.63) is 40.6 Å². The first-order chi connectivity index (χ1) is 9.01. The summed E-state index contributed by atoms with van der Waals surface area (Å²) in [5.74, 6) is -0.0341. The molecule has 2 aromatic rings. The Morgan fingerprint density at radius 3 is 2.63 bits per heavy atom. The van der Waals surface area contributed by atoms with Crippen molar-refractivity contribution >= 4 is 17.6 Å². The van der Waals surface area contributed by atoms with Crippen LogP contribution >= 0.6 is 11.3 Å². The molecule has 0 fully saturated rings. The highest BCUT2D eigenvalue weighted by Crippen LogP contribution is 2.34. The second-order valence-electron chi connectivity index (χ2n) is 3.76. The molecule has 6 heteroatoms. The zero-order chi connectivity index (χ0) is 13.9. The molecule has 1 aromatic carbocycles. The van der Waals surface area contributed by atoms with Crippen molar-refractivity contribution in [2.24, 2.45) is 0 Å². The Labute approximate surface area is 111 Å². The summed E-state index contributed by atoms with van der Waals surface area (Å²) in [6.45, 7) is -1.42. The average Bonchev–Trinajstić information content (AvgIpc) is 2.88. The number of aldehydes is 1. The number of ether oxygens (including phenoxy) is 1. The van der Waals surface area contributed by atoms with Crippen molar-refractivity contribution < 1.29 is 22.7 Å². The molecule has 1 heterocycles. The third-order valence-electron chi connectivity index (χ3n) is 2.38. The molecule has 0 aliphatic rings. The van der Waals surface area contributed by atoms with Gasteiger partial charge in [-0.25, -0.2) is 0 Å². The molecule has 0 unspecified atom stereocenters. The van der Waals surface area contributed by atoms with Gasteiger partial charge in [-0.3, -0.25) is 4.79 Å². The van der Waals surface area contributed by atoms with Gasteiger partial charge in [-0.1, -0.05) is 12.1 Å². The lowest BCUT2D eigenvalue weighted by molar-refractivity contribution is -0.153. The van der Waals surface area contributed by atoms with E-state index >= 15 is 0 Å². The summed E-state index contributed by atoms with van der Waals surface area (Å²) < 4.78 is 41.5. The fraction of sp³-hybridized carbons (Fsp3) is 0.154. The van der Waals surface area contributed by atoms with Crippen LogP contribution in [0.5, 0.6) is 5.75 Å². The summed E-state index contributed by atoms with van der Waals surface area (Å²) in [7, 11) is 0. The van der Waals surface area contributed by atoms with E-state index < -0.39 is 12.8 Å². The minimum absolute atomic E-state index is 0.0341. The third-order valence-corrected chi connectivity index (χ3v) is 3.07. The maximum atomic E-state index is 12.2. The molecule has 0 amide bonds. The van der Waals surface area contributed by atoms with E-state index in [-0.39, 0.29) is 11.3 Å². The van der Waals surface area contributed by atoms with Crippen LogP contribution in [0.4, 0.5) is 13.2 Å². The first-order valence-corrected chi connectivity index (χ1v) is 6.26. The van der Waals surface area contributed by atoms with Crippen LogP contribution in [-0.2, 0) is 0 Å². The topological polar surface area (TPSA) is 26.3 Å². The van der Waals surface area contributed by atoms with Crippen molar-refractivity contribution in [3.63, 3.8) is 0 Å². The second-order valence-corrected chi connectivity index (χ2v) is 4.54. The van der Waals surface area contributed by atoms with Gasteiger partial charge in [0.25, 0.3) is 0 Å². The van der Waals surface area contributed by atoms with E-state index in [1.54, 1.807) is 29.0 Å². The lowest BCUT2D eigenvalue weighted by Crippen LogP contribution is -2.20. The van der Waals surface area contributed by atoms with E-state index in [1.807, 2.05) is 0 Å². The third kappa shape index (κ3) is 3.35. The molecule has 0 spiro atoms. The van der Waals surface area contributed by atoms with Crippen LogP contribution in [0.2, 0.25) is 0 Å². The normalized spacial score (nSPS) is 11.3. The average molecular weight is 286 g/mol. The number of alkyl halides is 3. The maximum Gasteiger partial charge on any atom is 0.422 e. The molecule has 2 nitrogen and oxygen atoms in total. The fourth-order valence-corrected chi connectivity index (χ4v) is 2.26. The van der Waals surface area contributed by atoms with Crippen LogP contribution < -0.4 is 4.74 Å². The van der Waals surface area contributed by atoms with Gasteiger partial charge >= 0.3 is 6.18 Å². The molecule has 19 heavy (non-hydrogen) atoms. The molecule has 0 aliphatic carbocycles. The molecular formula is C13H9F3O2S. The molecule has 100 valence electrons. The SMILES string of the molecule is O=Cc1cccc(-c2ccsc2)c1OCC(F)(F)F. The zero-order valence-corrected chi connectivity index (χ0v) is 10.4. The fourth-order valence-electron chi connectivity index (χ4n) is 1.61. The summed E-state index contributed by atoms with van der Waals surface area (Å²) in [6, 6.07) is 6.42. The van der Waals surface area contributed by atoms with Gasteiger partial charge in [0, 0.05) is 5.56 Å². The van der Waals surface area contributed by atoms with E-state index in [0.717, 1.165) is 5.56 Å². The molecule has 0 aliphatic heterocycles. The smallest absolute Gasteiger partial charge is 0.422 e. The van der Waals surface area contributed by atoms with Gasteiger partial charge in [-0.05, 0) is 28.5 Å². The van der Waals surface area contributed by atoms with Crippen LogP contribution in [0.1, 0.15) is 10.4 Å². The highest BCUT2D eigenvalue weighted by atomic mass is 32.1. The van der Waals surface area contributed by atoms with Gasteiger partial charge in [-0.2, -0.15) is 24.5 Å². The monoisotopic (exact) mass is 286 g/mol. The summed E-state index contributed by atoms with van der Waals surface area (Å²) in [5.41, 5.74) is 1.31. The number of thiophene rings is 1. The minimum Gasteiger partial charge on any atom is -0.483 e. The Hall–Kier alpha value is -1.82. The number of rotatable bonds is 4. The van der Waals surface area contributed by atoms with E-state index in [4.69, 9.17) is 4.74 Å². The molecule has 0 atom stereocenters. The largest absolute Gasteiger partial charge is 0.483 e. The van der Waals surface area contributed by atoms with E-state index in [9.17, 15) is 18.0 Å². The predicted octanol–water partition coefficient (Wildman–Crippen LogP) is 4.17. The number of hydrogen-bond donors (Lipinski definition) is 0. The van der Waals surface area contributed by atoms with Crippen LogP contribution in [0.25, 0.3) is 11.1 Å². The molecule has 2 rings (SSSR count). The van der Waals surface area contributed by atoms with Crippen molar-refractivity contribution in [2.45, 2.75) is 6.18 Å². The van der Waals surface area contributed by atoms with Crippen LogP contribution in [0.15, 0.2) is 35.0 Å². The van der Waals surface area contributed by atoms with E-state index in [1.165, 1.54) is 17.4 Å². The summed E-state index contributed by atoms with van der Waals surface area (Å²) in [6.07, 6.45) is -3.95. The molecular weight excluding hydrogens is 277 g/mol. The highest BCUT2D eigenvalue weighted by molar-refractivity contribution is 7.08. The molecule has 0 N–H and O–H groups in total. The number of carbonyl (C=O) groups is 1. The Kier molecular flexibility index (Phi) is 3.90. The van der Waals surface area contributed by atoms with Gasteiger partial charge in [0.2, 0.25) is 0 Å². The van der Waals surface area contributed by atoms with Gasteiger partial charge in [0.05, 0.1) is 5.56 Å². The van der Waals surface area contributed by atoms with Crippen LogP contribution in [-0.4, -0.2) is 19.1 Å². The van der Waals surface area contributed by atoms with Crippen molar-refractivity contribution in [1.29, 1.82) is 0 Å². The summed E-state index contributed by atoms with van der Waals surface area (Å²) in [5, 5.41) is 3.58. The van der Waals surface area contributed by atoms with Gasteiger partial charge in [0.1, 0.15) is 5.75 Å². The summed E-state index contributed by atoms with van der Waals surface area (Å²) >= 11 is 1.41. The number of halogens is 3. The molecule has 1 aromatic heterocycles. The number of carbonyl (C=O) groups excluding carboxylic acids is 1. The second kappa shape index (κ2) is 5.44. The first kappa shape index (κ1) is 13.6. The number of hydrogen-bond acceptors (Lipinski definition) is 3. The van der Waals surface area contributed by atoms with Gasteiger partial charge in [-0.15, -0.1) is 0 Å². The zero-order valence-electron chi connectivity index (χ0n) is 9.61. The molecule has 0 radical (unpaired) electrons. The van der Waals surface area contributed by atoms with Crippen molar-refractivity contribution in [2.75, 3.05) is 6.61 Å². The molecule has 0 bridgehead atoms. The Morgan fingerprint density at radius 2 is 2.05 bits per heavy atom. The quantitative estimate of drug-likeness (QED) is 0.788. The minimum atomic E-state index is -4.44. The number of benzene rings is 1. The molecule has 0 saturated heterocycles. The van der Waals surface area contributed by atoms with Crippen molar-refractivity contribution in [3.8, 4) is 16.9 Å².